The number of amides is 1. The highest BCUT2D eigenvalue weighted by molar-refractivity contribution is 5.82. The highest BCUT2D eigenvalue weighted by Crippen LogP contribution is 2.32. The molecule has 3 heterocycles. The number of pyridine rings is 1. The zero-order valence-electron chi connectivity index (χ0n) is 18.9. The molecular formula is C26H30FN5O. The number of likely N-dealkylation sites (N-methyl/N-ethyl adjacent to an activating group) is 1. The molecule has 172 valence electrons. The van der Waals surface area contributed by atoms with E-state index in [1.54, 1.807) is 18.3 Å². The lowest BCUT2D eigenvalue weighted by atomic mass is 9.90. The summed E-state index contributed by atoms with van der Waals surface area (Å²) >= 11 is 0. The molecule has 0 saturated heterocycles. The van der Waals surface area contributed by atoms with Crippen LogP contribution in [0, 0.1) is 5.82 Å². The molecule has 33 heavy (non-hydrogen) atoms. The second-order valence-corrected chi connectivity index (χ2v) is 8.27. The van der Waals surface area contributed by atoms with Crippen LogP contribution in [0.2, 0.25) is 0 Å². The lowest BCUT2D eigenvalue weighted by molar-refractivity contribution is -0.109. The summed E-state index contributed by atoms with van der Waals surface area (Å²) in [6.07, 6.45) is 10.9. The molecule has 0 bridgehead atoms. The summed E-state index contributed by atoms with van der Waals surface area (Å²) in [5.74, 6) is 0.798. The van der Waals surface area contributed by atoms with Crippen LogP contribution in [0.4, 0.5) is 4.39 Å². The summed E-state index contributed by atoms with van der Waals surface area (Å²) < 4.78 is 13.6. The first-order valence-electron chi connectivity index (χ1n) is 11.3. The van der Waals surface area contributed by atoms with Gasteiger partial charge in [0, 0.05) is 38.5 Å². The van der Waals surface area contributed by atoms with Crippen LogP contribution >= 0.6 is 0 Å². The Balaban J connectivity index is 1.63. The first kappa shape index (κ1) is 22.7. The number of nitrogens with one attached hydrogen (secondary N) is 3. The van der Waals surface area contributed by atoms with Crippen LogP contribution in [0.3, 0.4) is 0 Å². The minimum atomic E-state index is -0.212. The van der Waals surface area contributed by atoms with E-state index in [1.165, 1.54) is 11.6 Å². The zero-order valence-corrected chi connectivity index (χ0v) is 18.9. The van der Waals surface area contributed by atoms with Crippen LogP contribution in [0.25, 0.3) is 5.57 Å². The maximum atomic E-state index is 13.6. The summed E-state index contributed by atoms with van der Waals surface area (Å²) in [6.45, 7) is 2.85. The number of halogens is 1. The molecule has 4 rings (SSSR count). The van der Waals surface area contributed by atoms with Gasteiger partial charge in [0.2, 0.25) is 6.41 Å². The molecule has 0 radical (unpaired) electrons. The number of aromatic nitrogens is 1. The molecule has 1 aromatic heterocycles. The van der Waals surface area contributed by atoms with Gasteiger partial charge in [-0.05, 0) is 54.3 Å². The van der Waals surface area contributed by atoms with Gasteiger partial charge in [-0.25, -0.2) is 4.39 Å². The number of benzene rings is 1. The molecule has 0 fully saturated rings. The van der Waals surface area contributed by atoms with Crippen molar-refractivity contribution in [3.05, 3.63) is 94.9 Å². The van der Waals surface area contributed by atoms with Crippen molar-refractivity contribution in [3.8, 4) is 0 Å². The van der Waals surface area contributed by atoms with Gasteiger partial charge < -0.3 is 20.9 Å². The third kappa shape index (κ3) is 5.68. The van der Waals surface area contributed by atoms with Crippen molar-refractivity contribution in [2.45, 2.75) is 25.4 Å². The first-order valence-corrected chi connectivity index (χ1v) is 11.3. The highest BCUT2D eigenvalue weighted by atomic mass is 19.1. The second-order valence-electron chi connectivity index (χ2n) is 8.27. The molecule has 6 nitrogen and oxygen atoms in total. The molecule has 0 aliphatic carbocycles. The lowest BCUT2D eigenvalue weighted by Gasteiger charge is -2.34. The standard InChI is InChI=1S/C26H30FN5O/c1-32-14-11-22(23-7-2-3-12-29-23)25(24-9-8-20(17-31-24)16-28-18-33)26(32)30-13-10-19-5-4-6-21(27)15-19/h2,4-9,11,15,17-18,23,29-30H,3,10,12-14,16H2,1H3,(H,28,33). The average molecular weight is 448 g/mol. The number of rotatable bonds is 9. The molecule has 2 aliphatic rings. The maximum Gasteiger partial charge on any atom is 0.207 e. The Morgan fingerprint density at radius 2 is 2.18 bits per heavy atom. The van der Waals surface area contributed by atoms with Crippen molar-refractivity contribution < 1.29 is 9.18 Å². The highest BCUT2D eigenvalue weighted by Gasteiger charge is 2.27. The molecule has 3 N–H and O–H groups in total. The maximum absolute atomic E-state index is 13.6. The minimum Gasteiger partial charge on any atom is -0.371 e. The van der Waals surface area contributed by atoms with Crippen LogP contribution in [0.5, 0.6) is 0 Å². The zero-order chi connectivity index (χ0) is 23.0. The van der Waals surface area contributed by atoms with E-state index >= 15 is 0 Å². The van der Waals surface area contributed by atoms with Gasteiger partial charge in [-0.1, -0.05) is 36.4 Å². The van der Waals surface area contributed by atoms with Gasteiger partial charge in [0.1, 0.15) is 11.6 Å². The SMILES string of the molecule is CN1CC=C(C2C=CCCN2)C(c2ccc(CNC=O)cn2)=C1NCCc1cccc(F)c1. The van der Waals surface area contributed by atoms with Crippen LogP contribution in [0.1, 0.15) is 23.2 Å². The van der Waals surface area contributed by atoms with Crippen molar-refractivity contribution >= 4 is 12.0 Å². The fourth-order valence-corrected chi connectivity index (χ4v) is 4.22. The Hall–Kier alpha value is -3.45. The fraction of sp³-hybridized carbons (Fsp3) is 0.308. The van der Waals surface area contributed by atoms with Crippen LogP contribution in [-0.4, -0.2) is 49.0 Å². The van der Waals surface area contributed by atoms with Gasteiger partial charge in [0.15, 0.2) is 0 Å². The van der Waals surface area contributed by atoms with Crippen LogP contribution in [-0.2, 0) is 17.8 Å². The van der Waals surface area contributed by atoms with E-state index in [0.29, 0.717) is 25.9 Å². The summed E-state index contributed by atoms with van der Waals surface area (Å²) in [4.78, 5) is 17.5. The van der Waals surface area contributed by atoms with E-state index in [1.807, 2.05) is 18.2 Å². The van der Waals surface area contributed by atoms with Gasteiger partial charge >= 0.3 is 0 Å². The van der Waals surface area contributed by atoms with Crippen molar-refractivity contribution in [1.82, 2.24) is 25.8 Å². The molecule has 7 heteroatoms. The van der Waals surface area contributed by atoms with E-state index in [-0.39, 0.29) is 11.9 Å². The van der Waals surface area contributed by atoms with E-state index < -0.39 is 0 Å². The van der Waals surface area contributed by atoms with E-state index in [2.05, 4.69) is 46.1 Å². The Labute approximate surface area is 194 Å². The fourth-order valence-electron chi connectivity index (χ4n) is 4.22. The first-order chi connectivity index (χ1) is 16.2. The Morgan fingerprint density at radius 1 is 1.27 bits per heavy atom. The summed E-state index contributed by atoms with van der Waals surface area (Å²) in [7, 11) is 2.06. The monoisotopic (exact) mass is 447 g/mol. The lowest BCUT2D eigenvalue weighted by Crippen LogP contribution is -2.39. The van der Waals surface area contributed by atoms with Gasteiger partial charge in [-0.15, -0.1) is 0 Å². The summed E-state index contributed by atoms with van der Waals surface area (Å²) in [5, 5.41) is 9.87. The largest absolute Gasteiger partial charge is 0.371 e. The molecule has 0 spiro atoms. The van der Waals surface area contributed by atoms with E-state index in [4.69, 9.17) is 4.98 Å². The Morgan fingerprint density at radius 3 is 2.91 bits per heavy atom. The normalized spacial score (nSPS) is 18.2. The predicted molar refractivity (Wildman–Crippen MR) is 128 cm³/mol. The predicted octanol–water partition coefficient (Wildman–Crippen LogP) is 2.76. The number of hydrogen-bond acceptors (Lipinski definition) is 5. The number of nitrogens with zero attached hydrogens (tertiary/aromatic N) is 2. The van der Waals surface area contributed by atoms with E-state index in [0.717, 1.165) is 47.7 Å². The number of hydrogen-bond donors (Lipinski definition) is 3. The van der Waals surface area contributed by atoms with Gasteiger partial charge in [0.05, 0.1) is 11.7 Å². The second kappa shape index (κ2) is 10.9. The topological polar surface area (TPSA) is 69.3 Å². The van der Waals surface area contributed by atoms with Gasteiger partial charge in [-0.2, -0.15) is 0 Å². The van der Waals surface area contributed by atoms with Crippen LogP contribution < -0.4 is 16.0 Å². The number of carbonyl (C=O) groups is 1. The Bertz CT molecular complexity index is 1060. The van der Waals surface area contributed by atoms with Crippen molar-refractivity contribution in [1.29, 1.82) is 0 Å². The molecule has 1 atom stereocenters. The van der Waals surface area contributed by atoms with E-state index in [9.17, 15) is 9.18 Å². The van der Waals surface area contributed by atoms with Gasteiger partial charge in [0.25, 0.3) is 0 Å². The Kier molecular flexibility index (Phi) is 7.52. The number of carbonyl (C=O) groups excluding carboxylic acids is 1. The van der Waals surface area contributed by atoms with Crippen molar-refractivity contribution in [2.75, 3.05) is 26.7 Å². The molecule has 2 aromatic rings. The summed E-state index contributed by atoms with van der Waals surface area (Å²) in [5.41, 5.74) is 5.03. The summed E-state index contributed by atoms with van der Waals surface area (Å²) in [6, 6.07) is 10.9. The molecular weight excluding hydrogens is 417 g/mol. The average Bonchev–Trinajstić information content (AvgIpc) is 2.84. The van der Waals surface area contributed by atoms with Crippen molar-refractivity contribution in [3.63, 3.8) is 0 Å². The third-order valence-corrected chi connectivity index (χ3v) is 5.90. The molecule has 2 aliphatic heterocycles. The molecule has 1 amide bonds. The van der Waals surface area contributed by atoms with Crippen molar-refractivity contribution in [2.24, 2.45) is 0 Å². The van der Waals surface area contributed by atoms with Gasteiger partial charge in [-0.3, -0.25) is 9.78 Å². The van der Waals surface area contributed by atoms with Crippen LogP contribution in [0.15, 0.2) is 72.2 Å². The minimum absolute atomic E-state index is 0.126. The quantitative estimate of drug-likeness (QED) is 0.407. The smallest absolute Gasteiger partial charge is 0.207 e. The molecule has 0 saturated carbocycles. The molecule has 1 aromatic carbocycles. The molecule has 1 unspecified atom stereocenters. The third-order valence-electron chi connectivity index (χ3n) is 5.90.